The summed E-state index contributed by atoms with van der Waals surface area (Å²) in [6.45, 7) is 6.63. The quantitative estimate of drug-likeness (QED) is 0.244. The van der Waals surface area contributed by atoms with Crippen LogP contribution in [-0.4, -0.2) is 64.0 Å². The van der Waals surface area contributed by atoms with Crippen LogP contribution in [0.25, 0.3) is 0 Å². The maximum atomic E-state index is 13.6. The van der Waals surface area contributed by atoms with E-state index in [4.69, 9.17) is 4.98 Å². The summed E-state index contributed by atoms with van der Waals surface area (Å²) in [7, 11) is 0. The molecular weight excluding hydrogens is 552 g/mol. The van der Waals surface area contributed by atoms with E-state index in [1.807, 2.05) is 44.4 Å². The smallest absolute Gasteiger partial charge is 0.246 e. The number of anilines is 2. The first-order valence-corrected chi connectivity index (χ1v) is 16.0. The number of aldehydes is 1. The van der Waals surface area contributed by atoms with E-state index in [-0.39, 0.29) is 24.1 Å². The average Bonchev–Trinajstić information content (AvgIpc) is 3.66. The average molecular weight is 597 g/mol. The van der Waals surface area contributed by atoms with E-state index < -0.39 is 22.9 Å². The third-order valence-corrected chi connectivity index (χ3v) is 9.00. The summed E-state index contributed by atoms with van der Waals surface area (Å²) >= 11 is 1.50. The lowest BCUT2D eigenvalue weighted by Crippen LogP contribution is -2.56. The van der Waals surface area contributed by atoms with E-state index >= 15 is 0 Å². The van der Waals surface area contributed by atoms with Crippen molar-refractivity contribution in [3.05, 3.63) is 35.5 Å². The number of pyridine rings is 1. The van der Waals surface area contributed by atoms with E-state index in [0.717, 1.165) is 55.6 Å². The SMILES string of the molecule is CC(C)(C)C(NC(=O)CCCNC(=O)C1(Cc2cccc(Nc3nccs3)n2)CCCCC1)C(=O)N1CCC[C@H]1C=O. The number of nitrogens with one attached hydrogen (secondary N) is 3. The minimum atomic E-state index is -0.723. The van der Waals surface area contributed by atoms with Crippen LogP contribution in [0.2, 0.25) is 0 Å². The molecule has 2 aliphatic rings. The molecule has 2 atom stereocenters. The Labute approximate surface area is 252 Å². The van der Waals surface area contributed by atoms with Crippen molar-refractivity contribution >= 4 is 46.3 Å². The lowest BCUT2D eigenvalue weighted by atomic mass is 9.70. The van der Waals surface area contributed by atoms with Crippen molar-refractivity contribution in [3.63, 3.8) is 0 Å². The highest BCUT2D eigenvalue weighted by atomic mass is 32.1. The number of aromatic nitrogens is 2. The summed E-state index contributed by atoms with van der Waals surface area (Å²) in [4.78, 5) is 61.8. The monoisotopic (exact) mass is 596 g/mol. The minimum absolute atomic E-state index is 0.0133. The Morgan fingerprint density at radius 2 is 1.95 bits per heavy atom. The molecule has 10 nitrogen and oxygen atoms in total. The van der Waals surface area contributed by atoms with Crippen LogP contribution < -0.4 is 16.0 Å². The zero-order chi connectivity index (χ0) is 30.2. The molecule has 2 aromatic rings. The highest BCUT2D eigenvalue weighted by Gasteiger charge is 2.41. The zero-order valence-electron chi connectivity index (χ0n) is 25.0. The number of hydrogen-bond donors (Lipinski definition) is 3. The maximum absolute atomic E-state index is 13.6. The molecular formula is C31H44N6O4S. The fourth-order valence-electron chi connectivity index (χ4n) is 6.00. The third kappa shape index (κ3) is 8.14. The number of nitrogens with zero attached hydrogens (tertiary/aromatic N) is 3. The molecule has 1 saturated carbocycles. The van der Waals surface area contributed by atoms with Gasteiger partial charge in [0.1, 0.15) is 18.1 Å². The van der Waals surface area contributed by atoms with Gasteiger partial charge in [-0.15, -0.1) is 11.3 Å². The summed E-state index contributed by atoms with van der Waals surface area (Å²) in [6.07, 6.45) is 9.93. The molecule has 1 unspecified atom stereocenters. The second-order valence-electron chi connectivity index (χ2n) is 12.6. The Balaban J connectivity index is 1.31. The number of carbonyl (C=O) groups excluding carboxylic acids is 4. The fourth-order valence-corrected chi connectivity index (χ4v) is 6.53. The van der Waals surface area contributed by atoms with E-state index in [1.54, 1.807) is 11.1 Å². The summed E-state index contributed by atoms with van der Waals surface area (Å²) in [5, 5.41) is 11.9. The summed E-state index contributed by atoms with van der Waals surface area (Å²) in [6, 6.07) is 4.66. The van der Waals surface area contributed by atoms with Gasteiger partial charge in [-0.2, -0.15) is 0 Å². The van der Waals surface area contributed by atoms with Gasteiger partial charge in [-0.05, 0) is 49.7 Å². The molecule has 0 spiro atoms. The highest BCUT2D eigenvalue weighted by molar-refractivity contribution is 7.13. The third-order valence-electron chi connectivity index (χ3n) is 8.31. The number of likely N-dealkylation sites (tertiary alicyclic amines) is 1. The molecule has 1 aliphatic carbocycles. The van der Waals surface area contributed by atoms with Gasteiger partial charge < -0.3 is 25.6 Å². The Morgan fingerprint density at radius 3 is 2.64 bits per heavy atom. The van der Waals surface area contributed by atoms with Crippen molar-refractivity contribution in [2.75, 3.05) is 18.4 Å². The predicted octanol–water partition coefficient (Wildman–Crippen LogP) is 4.39. The van der Waals surface area contributed by atoms with Crippen LogP contribution in [0, 0.1) is 10.8 Å². The number of carbonyl (C=O) groups is 4. The van der Waals surface area contributed by atoms with Crippen LogP contribution in [0.3, 0.4) is 0 Å². The van der Waals surface area contributed by atoms with Crippen LogP contribution >= 0.6 is 11.3 Å². The molecule has 1 aliphatic heterocycles. The van der Waals surface area contributed by atoms with Crippen molar-refractivity contribution in [1.82, 2.24) is 25.5 Å². The van der Waals surface area contributed by atoms with Gasteiger partial charge in [0.25, 0.3) is 0 Å². The van der Waals surface area contributed by atoms with Gasteiger partial charge in [-0.1, -0.05) is 46.1 Å². The molecule has 0 bridgehead atoms. The molecule has 1 saturated heterocycles. The first-order chi connectivity index (χ1) is 20.1. The molecule has 4 rings (SSSR count). The van der Waals surface area contributed by atoms with Crippen molar-refractivity contribution in [1.29, 1.82) is 0 Å². The predicted molar refractivity (Wildman–Crippen MR) is 163 cm³/mol. The lowest BCUT2D eigenvalue weighted by molar-refractivity contribution is -0.141. The molecule has 2 aromatic heterocycles. The lowest BCUT2D eigenvalue weighted by Gasteiger charge is -2.36. The Kier molecular flexibility index (Phi) is 10.7. The Hall–Kier alpha value is -3.34. The van der Waals surface area contributed by atoms with Crippen molar-refractivity contribution in [2.24, 2.45) is 10.8 Å². The molecule has 3 heterocycles. The van der Waals surface area contributed by atoms with Crippen molar-refractivity contribution < 1.29 is 19.2 Å². The van der Waals surface area contributed by atoms with Crippen LogP contribution in [0.1, 0.15) is 84.3 Å². The van der Waals surface area contributed by atoms with Gasteiger partial charge in [0.15, 0.2) is 5.13 Å². The molecule has 3 N–H and O–H groups in total. The second kappa shape index (κ2) is 14.2. The molecule has 0 radical (unpaired) electrons. The van der Waals surface area contributed by atoms with Gasteiger partial charge in [0.2, 0.25) is 17.7 Å². The van der Waals surface area contributed by atoms with Crippen molar-refractivity contribution in [2.45, 2.75) is 97.1 Å². The summed E-state index contributed by atoms with van der Waals surface area (Å²) < 4.78 is 0. The topological polar surface area (TPSA) is 133 Å². The first kappa shape index (κ1) is 31.6. The molecule has 3 amide bonds. The van der Waals surface area contributed by atoms with Crippen LogP contribution in [0.5, 0.6) is 0 Å². The molecule has 42 heavy (non-hydrogen) atoms. The van der Waals surface area contributed by atoms with Crippen LogP contribution in [0.4, 0.5) is 10.9 Å². The summed E-state index contributed by atoms with van der Waals surface area (Å²) in [5.74, 6) is 0.274. The van der Waals surface area contributed by atoms with E-state index in [2.05, 4.69) is 20.9 Å². The van der Waals surface area contributed by atoms with Gasteiger partial charge in [-0.25, -0.2) is 9.97 Å². The number of thiazole rings is 1. The standard InChI is InChI=1S/C31H44N6O4S/c1-30(2,3)26(27(40)37-18-9-11-23(37)21-38)36-25(39)13-8-16-32-28(41)31(14-5-4-6-15-31)20-22-10-7-12-24(34-22)35-29-33-17-19-42-29/h7,10,12,17,19,21,23,26H,4-6,8-9,11,13-16,18,20H2,1-3H3,(H,32,41)(H,36,39)(H,33,34,35)/t23-,26?/m0/s1. The molecule has 228 valence electrons. The van der Waals surface area contributed by atoms with E-state index in [0.29, 0.717) is 38.2 Å². The van der Waals surface area contributed by atoms with E-state index in [1.165, 1.54) is 11.3 Å². The maximum Gasteiger partial charge on any atom is 0.246 e. The largest absolute Gasteiger partial charge is 0.356 e. The van der Waals surface area contributed by atoms with Gasteiger partial charge >= 0.3 is 0 Å². The second-order valence-corrected chi connectivity index (χ2v) is 13.5. The Bertz CT molecular complexity index is 1220. The number of amides is 3. The first-order valence-electron chi connectivity index (χ1n) is 15.1. The number of rotatable bonds is 12. The minimum Gasteiger partial charge on any atom is -0.356 e. The van der Waals surface area contributed by atoms with Crippen LogP contribution in [-0.2, 0) is 25.6 Å². The van der Waals surface area contributed by atoms with Gasteiger partial charge in [0.05, 0.1) is 11.5 Å². The molecule has 0 aromatic carbocycles. The van der Waals surface area contributed by atoms with Gasteiger partial charge in [0, 0.05) is 43.2 Å². The normalized spacial score (nSPS) is 19.1. The van der Waals surface area contributed by atoms with Gasteiger partial charge in [-0.3, -0.25) is 14.4 Å². The van der Waals surface area contributed by atoms with Crippen LogP contribution in [0.15, 0.2) is 29.8 Å². The van der Waals surface area contributed by atoms with E-state index in [9.17, 15) is 19.2 Å². The molecule has 11 heteroatoms. The highest BCUT2D eigenvalue weighted by Crippen LogP contribution is 2.39. The fraction of sp³-hybridized carbons (Fsp3) is 0.613. The zero-order valence-corrected chi connectivity index (χ0v) is 25.8. The Morgan fingerprint density at radius 1 is 1.17 bits per heavy atom. The molecule has 2 fully saturated rings. The summed E-state index contributed by atoms with van der Waals surface area (Å²) in [5.41, 5.74) is -0.173. The number of hydrogen-bond acceptors (Lipinski definition) is 8. The van der Waals surface area contributed by atoms with Crippen molar-refractivity contribution in [3.8, 4) is 0 Å².